The van der Waals surface area contributed by atoms with E-state index in [1.807, 2.05) is 0 Å². The highest BCUT2D eigenvalue weighted by Gasteiger charge is 2.33. The van der Waals surface area contributed by atoms with Crippen LogP contribution < -0.4 is 5.32 Å². The highest BCUT2D eigenvalue weighted by atomic mass is 32.1. The maximum Gasteiger partial charge on any atom is 0.416 e. The number of ketones is 1. The monoisotopic (exact) mass is 325 g/mol. The average Bonchev–Trinajstić information content (AvgIpc) is 3.04. The van der Waals surface area contributed by atoms with Crippen LogP contribution in [0.25, 0.3) is 0 Å². The molecule has 3 rings (SSSR count). The lowest BCUT2D eigenvalue weighted by molar-refractivity contribution is -0.137. The molecule has 0 bridgehead atoms. The Balaban J connectivity index is 1.81. The van der Waals surface area contributed by atoms with Gasteiger partial charge in [0, 0.05) is 12.0 Å². The van der Waals surface area contributed by atoms with Crippen molar-refractivity contribution in [2.45, 2.75) is 18.6 Å². The summed E-state index contributed by atoms with van der Waals surface area (Å²) < 4.78 is 38.0. The molecule has 1 aliphatic carbocycles. The Morgan fingerprint density at radius 3 is 2.77 bits per heavy atom. The maximum atomic E-state index is 12.7. The van der Waals surface area contributed by atoms with Gasteiger partial charge in [-0.3, -0.25) is 9.59 Å². The van der Waals surface area contributed by atoms with Crippen molar-refractivity contribution in [2.75, 3.05) is 0 Å². The third-order valence-electron chi connectivity index (χ3n) is 3.47. The zero-order valence-corrected chi connectivity index (χ0v) is 11.9. The van der Waals surface area contributed by atoms with Crippen molar-refractivity contribution in [1.82, 2.24) is 5.32 Å². The minimum absolute atomic E-state index is 0.0562. The quantitative estimate of drug-likeness (QED) is 0.912. The molecule has 1 aromatic heterocycles. The van der Waals surface area contributed by atoms with Crippen LogP contribution in [0.15, 0.2) is 35.7 Å². The third kappa shape index (κ3) is 2.64. The van der Waals surface area contributed by atoms with Crippen LogP contribution in [0.5, 0.6) is 0 Å². The van der Waals surface area contributed by atoms with Gasteiger partial charge in [0.25, 0.3) is 5.91 Å². The van der Waals surface area contributed by atoms with Crippen molar-refractivity contribution >= 4 is 23.0 Å². The molecule has 0 spiro atoms. The summed E-state index contributed by atoms with van der Waals surface area (Å²) in [6, 6.07) is 5.50. The second-order valence-corrected chi connectivity index (χ2v) is 5.85. The second kappa shape index (κ2) is 5.24. The van der Waals surface area contributed by atoms with Gasteiger partial charge in [-0.2, -0.15) is 13.2 Å². The van der Waals surface area contributed by atoms with E-state index in [9.17, 15) is 22.8 Å². The molecule has 22 heavy (non-hydrogen) atoms. The summed E-state index contributed by atoms with van der Waals surface area (Å²) in [7, 11) is 0. The number of fused-ring (bicyclic) bond motifs is 1. The van der Waals surface area contributed by atoms with Crippen LogP contribution in [-0.4, -0.2) is 11.7 Å². The van der Waals surface area contributed by atoms with Gasteiger partial charge in [-0.1, -0.05) is 6.07 Å². The standard InChI is InChI=1S/C15H10F3NO2S/c16-15(17,18)9-3-1-2-8(6-9)14(21)19-11-7-12(20)13-10(11)4-5-22-13/h1-6,11H,7H2,(H,19,21)/t11-/m0/s1. The van der Waals surface area contributed by atoms with E-state index in [2.05, 4.69) is 5.32 Å². The Kier molecular flexibility index (Phi) is 3.52. The molecule has 0 saturated carbocycles. The van der Waals surface area contributed by atoms with Crippen molar-refractivity contribution in [2.24, 2.45) is 0 Å². The number of hydrogen-bond donors (Lipinski definition) is 1. The maximum absolute atomic E-state index is 12.7. The summed E-state index contributed by atoms with van der Waals surface area (Å²) in [6.07, 6.45) is -4.35. The van der Waals surface area contributed by atoms with Gasteiger partial charge in [-0.05, 0) is 35.2 Å². The first-order valence-electron chi connectivity index (χ1n) is 6.45. The Morgan fingerprint density at radius 1 is 1.27 bits per heavy atom. The number of benzene rings is 1. The Bertz CT molecular complexity index is 751. The van der Waals surface area contributed by atoms with Crippen molar-refractivity contribution in [3.05, 3.63) is 57.3 Å². The summed E-state index contributed by atoms with van der Waals surface area (Å²) >= 11 is 1.30. The lowest BCUT2D eigenvalue weighted by atomic mass is 10.1. The van der Waals surface area contributed by atoms with Gasteiger partial charge in [0.1, 0.15) is 0 Å². The van der Waals surface area contributed by atoms with Gasteiger partial charge in [0.15, 0.2) is 5.78 Å². The number of alkyl halides is 3. The molecule has 0 fully saturated rings. The van der Waals surface area contributed by atoms with Crippen molar-refractivity contribution in [3.8, 4) is 0 Å². The fourth-order valence-corrected chi connectivity index (χ4v) is 3.33. The molecule has 1 heterocycles. The number of halogens is 3. The fraction of sp³-hybridized carbons (Fsp3) is 0.200. The molecule has 0 unspecified atom stereocenters. The van der Waals surface area contributed by atoms with Crippen molar-refractivity contribution in [1.29, 1.82) is 0 Å². The van der Waals surface area contributed by atoms with Crippen LogP contribution in [-0.2, 0) is 6.18 Å². The van der Waals surface area contributed by atoms with E-state index < -0.39 is 23.7 Å². The largest absolute Gasteiger partial charge is 0.416 e. The number of nitrogens with one attached hydrogen (secondary N) is 1. The van der Waals surface area contributed by atoms with Gasteiger partial charge < -0.3 is 5.32 Å². The molecule has 1 amide bonds. The van der Waals surface area contributed by atoms with E-state index in [4.69, 9.17) is 0 Å². The summed E-state index contributed by atoms with van der Waals surface area (Å²) in [5, 5.41) is 4.38. The van der Waals surface area contributed by atoms with Crippen LogP contribution in [0.3, 0.4) is 0 Å². The zero-order valence-electron chi connectivity index (χ0n) is 11.1. The first-order valence-corrected chi connectivity index (χ1v) is 7.33. The summed E-state index contributed by atoms with van der Waals surface area (Å²) in [4.78, 5) is 24.5. The Hall–Kier alpha value is -2.15. The molecule has 0 radical (unpaired) electrons. The van der Waals surface area contributed by atoms with Crippen LogP contribution in [0.4, 0.5) is 13.2 Å². The number of carbonyl (C=O) groups is 2. The molecule has 7 heteroatoms. The van der Waals surface area contributed by atoms with E-state index in [1.165, 1.54) is 23.5 Å². The third-order valence-corrected chi connectivity index (χ3v) is 4.44. The van der Waals surface area contributed by atoms with Crippen LogP contribution in [0, 0.1) is 0 Å². The average molecular weight is 325 g/mol. The van der Waals surface area contributed by atoms with Gasteiger partial charge in [0.2, 0.25) is 0 Å². The molecule has 114 valence electrons. The SMILES string of the molecule is O=C(N[C@H]1CC(=O)c2sccc21)c1cccc(C(F)(F)F)c1. The number of hydrogen-bond acceptors (Lipinski definition) is 3. The number of rotatable bonds is 2. The number of carbonyl (C=O) groups excluding carboxylic acids is 2. The molecule has 2 aromatic rings. The zero-order chi connectivity index (χ0) is 15.9. The van der Waals surface area contributed by atoms with Crippen molar-refractivity contribution in [3.63, 3.8) is 0 Å². The van der Waals surface area contributed by atoms with Crippen LogP contribution in [0.2, 0.25) is 0 Å². The summed E-state index contributed by atoms with van der Waals surface area (Å²) in [6.45, 7) is 0. The topological polar surface area (TPSA) is 46.2 Å². The van der Waals surface area contributed by atoms with Gasteiger partial charge >= 0.3 is 6.18 Å². The molecule has 1 aromatic carbocycles. The van der Waals surface area contributed by atoms with E-state index in [0.29, 0.717) is 4.88 Å². The molecular formula is C15H10F3NO2S. The second-order valence-electron chi connectivity index (χ2n) is 4.94. The number of thiophene rings is 1. The molecule has 1 aliphatic rings. The van der Waals surface area contributed by atoms with E-state index in [0.717, 1.165) is 17.7 Å². The smallest absolute Gasteiger partial charge is 0.345 e. The van der Waals surface area contributed by atoms with Crippen LogP contribution in [0.1, 0.15) is 43.6 Å². The molecule has 3 nitrogen and oxygen atoms in total. The van der Waals surface area contributed by atoms with Crippen molar-refractivity contribution < 1.29 is 22.8 Å². The lowest BCUT2D eigenvalue weighted by Gasteiger charge is -2.13. The highest BCUT2D eigenvalue weighted by Crippen LogP contribution is 2.35. The molecule has 0 saturated heterocycles. The molecule has 1 N–H and O–H groups in total. The lowest BCUT2D eigenvalue weighted by Crippen LogP contribution is -2.27. The highest BCUT2D eigenvalue weighted by molar-refractivity contribution is 7.12. The number of Topliss-reactive ketones (excluding diaryl/α,β-unsaturated/α-hetero) is 1. The Labute approximate surface area is 127 Å². The molecule has 1 atom stereocenters. The summed E-state index contributed by atoms with van der Waals surface area (Å²) in [5.74, 6) is -0.678. The number of amides is 1. The van der Waals surface area contributed by atoms with E-state index in [1.54, 1.807) is 11.4 Å². The first kappa shape index (κ1) is 14.8. The first-order chi connectivity index (χ1) is 10.4. The molecular weight excluding hydrogens is 315 g/mol. The Morgan fingerprint density at radius 2 is 2.05 bits per heavy atom. The molecule has 0 aliphatic heterocycles. The minimum atomic E-state index is -4.50. The summed E-state index contributed by atoms with van der Waals surface area (Å²) in [5.41, 5.74) is -0.222. The normalized spacial score (nSPS) is 17.4. The predicted octanol–water partition coefficient (Wildman–Crippen LogP) is 3.82. The predicted molar refractivity (Wildman–Crippen MR) is 74.9 cm³/mol. The van der Waals surface area contributed by atoms with Gasteiger partial charge in [-0.15, -0.1) is 11.3 Å². The minimum Gasteiger partial charge on any atom is -0.345 e. The van der Waals surface area contributed by atoms with Crippen LogP contribution >= 0.6 is 11.3 Å². The fourth-order valence-electron chi connectivity index (χ4n) is 2.42. The van der Waals surface area contributed by atoms with Gasteiger partial charge in [0.05, 0.1) is 16.5 Å². The van der Waals surface area contributed by atoms with E-state index in [-0.39, 0.29) is 17.8 Å². The van der Waals surface area contributed by atoms with E-state index >= 15 is 0 Å². The van der Waals surface area contributed by atoms with Gasteiger partial charge in [-0.25, -0.2) is 0 Å².